The molecule has 0 unspecified atom stereocenters. The fourth-order valence-corrected chi connectivity index (χ4v) is 3.13. The van der Waals surface area contributed by atoms with Crippen LogP contribution >= 0.6 is 0 Å². The maximum atomic E-state index is 13.1. The van der Waals surface area contributed by atoms with Gasteiger partial charge in [0, 0.05) is 12.1 Å². The van der Waals surface area contributed by atoms with Gasteiger partial charge in [0.1, 0.15) is 0 Å². The molecule has 0 atom stereocenters. The largest absolute Gasteiger partial charge is 0.437 e. The van der Waals surface area contributed by atoms with E-state index in [0.29, 0.717) is 37.3 Å². The van der Waals surface area contributed by atoms with Crippen molar-refractivity contribution < 1.29 is 31.4 Å². The number of aromatic nitrogens is 1. The van der Waals surface area contributed by atoms with Crippen LogP contribution in [0.4, 0.5) is 26.3 Å². The summed E-state index contributed by atoms with van der Waals surface area (Å²) in [5.74, 6) is 0. The van der Waals surface area contributed by atoms with Gasteiger partial charge in [-0.3, -0.25) is 0 Å². The maximum Gasteiger partial charge on any atom is 0.416 e. The Morgan fingerprint density at radius 1 is 0.966 bits per heavy atom. The predicted molar refractivity (Wildman–Crippen MR) is 97.7 cm³/mol. The van der Waals surface area contributed by atoms with E-state index in [2.05, 4.69) is 4.98 Å². The van der Waals surface area contributed by atoms with Crippen molar-refractivity contribution in [3.63, 3.8) is 0 Å². The van der Waals surface area contributed by atoms with Gasteiger partial charge in [0.2, 0.25) is 0 Å². The number of hydrogen-bond acceptors (Lipinski definition) is 3. The van der Waals surface area contributed by atoms with Gasteiger partial charge in [-0.2, -0.15) is 26.3 Å². The van der Waals surface area contributed by atoms with Crippen LogP contribution in [0.15, 0.2) is 42.5 Å². The Hall–Kier alpha value is -2.33. The van der Waals surface area contributed by atoms with E-state index >= 15 is 0 Å². The highest BCUT2D eigenvalue weighted by molar-refractivity contribution is 6.45. The molecule has 0 saturated heterocycles. The highest BCUT2D eigenvalue weighted by Gasteiger charge is 2.37. The number of benzene rings is 1. The summed E-state index contributed by atoms with van der Waals surface area (Å²) in [7, 11) is -0.613. The van der Waals surface area contributed by atoms with Crippen molar-refractivity contribution in [2.24, 2.45) is 0 Å². The Morgan fingerprint density at radius 3 is 2.03 bits per heavy atom. The van der Waals surface area contributed by atoms with E-state index in [9.17, 15) is 31.4 Å². The van der Waals surface area contributed by atoms with Crippen molar-refractivity contribution in [3.05, 3.63) is 59.3 Å². The lowest BCUT2D eigenvalue weighted by molar-refractivity contribution is -0.143. The zero-order chi connectivity index (χ0) is 21.4. The normalized spacial score (nSPS) is 15.9. The summed E-state index contributed by atoms with van der Waals surface area (Å²) in [6, 6.07) is 6.03. The molecule has 0 amide bonds. The lowest BCUT2D eigenvalue weighted by Gasteiger charge is -2.26. The molecule has 3 rings (SSSR count). The Morgan fingerprint density at radius 2 is 1.55 bits per heavy atom. The van der Waals surface area contributed by atoms with Gasteiger partial charge in [0.25, 0.3) is 0 Å². The van der Waals surface area contributed by atoms with E-state index in [0.717, 1.165) is 5.57 Å². The molecule has 0 bridgehead atoms. The summed E-state index contributed by atoms with van der Waals surface area (Å²) in [5, 5.41) is 9.61. The van der Waals surface area contributed by atoms with E-state index in [1.54, 1.807) is 19.0 Å². The van der Waals surface area contributed by atoms with Crippen molar-refractivity contribution in [2.45, 2.75) is 25.6 Å². The molecule has 1 aliphatic rings. The van der Waals surface area contributed by atoms with Gasteiger partial charge in [-0.05, 0) is 55.7 Å². The first-order valence-corrected chi connectivity index (χ1v) is 8.83. The Kier molecular flexibility index (Phi) is 5.78. The molecule has 1 aromatic carbocycles. The third kappa shape index (κ3) is 5.00. The molecule has 0 spiro atoms. The lowest BCUT2D eigenvalue weighted by Crippen LogP contribution is -2.39. The van der Waals surface area contributed by atoms with Crippen LogP contribution in [0.1, 0.15) is 23.2 Å². The minimum Gasteiger partial charge on any atom is -0.437 e. The molecule has 2 aromatic rings. The fraction of sp³-hybridized carbons (Fsp3) is 0.316. The van der Waals surface area contributed by atoms with Crippen LogP contribution < -0.4 is 0 Å². The van der Waals surface area contributed by atoms with Crippen LogP contribution in [-0.2, 0) is 12.4 Å². The highest BCUT2D eigenvalue weighted by atomic mass is 19.4. The van der Waals surface area contributed by atoms with Crippen LogP contribution in [0.25, 0.3) is 16.8 Å². The van der Waals surface area contributed by atoms with Crippen LogP contribution in [0, 0.1) is 0 Å². The Bertz CT molecular complexity index is 891. The average molecular weight is 414 g/mol. The quantitative estimate of drug-likeness (QED) is 0.569. The van der Waals surface area contributed by atoms with Gasteiger partial charge in [0.05, 0.1) is 22.5 Å². The second-order valence-electron chi connectivity index (χ2n) is 6.81. The van der Waals surface area contributed by atoms with Crippen molar-refractivity contribution >= 4 is 12.6 Å². The van der Waals surface area contributed by atoms with Gasteiger partial charge in [-0.1, -0.05) is 12.1 Å². The molecule has 2 heterocycles. The number of rotatable bonds is 3. The maximum absolute atomic E-state index is 13.1. The summed E-state index contributed by atoms with van der Waals surface area (Å²) >= 11 is 0. The molecular weight excluding hydrogens is 397 g/mol. The van der Waals surface area contributed by atoms with Crippen molar-refractivity contribution in [1.29, 1.82) is 0 Å². The summed E-state index contributed by atoms with van der Waals surface area (Å²) in [4.78, 5) is 6.11. The molecule has 29 heavy (non-hydrogen) atoms. The SMILES string of the molecule is CB(O)N1CC=C(c2cccc(-c3cc(C(F)(F)F)cc(C(F)(F)F)c3)n2)CC1. The van der Waals surface area contributed by atoms with E-state index in [4.69, 9.17) is 0 Å². The fourth-order valence-electron chi connectivity index (χ4n) is 3.13. The van der Waals surface area contributed by atoms with E-state index < -0.39 is 30.5 Å². The predicted octanol–water partition coefficient (Wildman–Crippen LogP) is 4.99. The molecule has 154 valence electrons. The van der Waals surface area contributed by atoms with Crippen LogP contribution in [0.5, 0.6) is 0 Å². The summed E-state index contributed by atoms with van der Waals surface area (Å²) < 4.78 is 78.6. The average Bonchev–Trinajstić information content (AvgIpc) is 2.66. The standard InChI is InChI=1S/C19H17BF6N2O/c1-20(29)28-7-5-12(6-8-28)16-3-2-4-17(27-16)13-9-14(18(21,22)23)11-15(10-13)19(24,25)26/h2-5,9-11,29H,6-8H2,1H3. The minimum absolute atomic E-state index is 0.0259. The van der Waals surface area contributed by atoms with Gasteiger partial charge in [-0.15, -0.1) is 0 Å². The van der Waals surface area contributed by atoms with Crippen molar-refractivity contribution in [2.75, 3.05) is 13.1 Å². The third-order valence-corrected chi connectivity index (χ3v) is 4.73. The molecule has 1 aliphatic heterocycles. The first-order valence-electron chi connectivity index (χ1n) is 8.83. The molecular formula is C19H17BF6N2O. The molecule has 0 aliphatic carbocycles. The Labute approximate surface area is 163 Å². The van der Waals surface area contributed by atoms with Gasteiger partial charge >= 0.3 is 19.4 Å². The third-order valence-electron chi connectivity index (χ3n) is 4.73. The van der Waals surface area contributed by atoms with Crippen molar-refractivity contribution in [1.82, 2.24) is 9.79 Å². The summed E-state index contributed by atoms with van der Waals surface area (Å²) in [6.45, 7) is 2.68. The monoisotopic (exact) mass is 414 g/mol. The second kappa shape index (κ2) is 7.83. The number of pyridine rings is 1. The molecule has 0 radical (unpaired) electrons. The summed E-state index contributed by atoms with van der Waals surface area (Å²) in [5.41, 5.74) is -1.67. The van der Waals surface area contributed by atoms with Crippen LogP contribution in [-0.4, -0.2) is 35.0 Å². The minimum atomic E-state index is -4.91. The van der Waals surface area contributed by atoms with Gasteiger partial charge in [-0.25, -0.2) is 4.98 Å². The van der Waals surface area contributed by atoms with Crippen LogP contribution in [0.2, 0.25) is 6.82 Å². The summed E-state index contributed by atoms with van der Waals surface area (Å²) in [6.07, 6.45) is -7.43. The molecule has 10 heteroatoms. The van der Waals surface area contributed by atoms with Gasteiger partial charge < -0.3 is 9.83 Å². The van der Waals surface area contributed by atoms with E-state index in [1.165, 1.54) is 6.07 Å². The molecule has 0 saturated carbocycles. The molecule has 3 nitrogen and oxygen atoms in total. The zero-order valence-electron chi connectivity index (χ0n) is 15.3. The number of hydrogen-bond donors (Lipinski definition) is 1. The topological polar surface area (TPSA) is 36.4 Å². The van der Waals surface area contributed by atoms with Crippen LogP contribution in [0.3, 0.4) is 0 Å². The second-order valence-corrected chi connectivity index (χ2v) is 6.81. The molecule has 1 N–H and O–H groups in total. The lowest BCUT2D eigenvalue weighted by atomic mass is 9.83. The Balaban J connectivity index is 2.01. The first kappa shape index (κ1) is 21.4. The van der Waals surface area contributed by atoms with E-state index in [1.807, 2.05) is 10.9 Å². The highest BCUT2D eigenvalue weighted by Crippen LogP contribution is 2.38. The molecule has 0 fully saturated rings. The number of nitrogens with zero attached hydrogens (tertiary/aromatic N) is 2. The zero-order valence-corrected chi connectivity index (χ0v) is 15.3. The smallest absolute Gasteiger partial charge is 0.416 e. The number of alkyl halides is 6. The first-order chi connectivity index (χ1) is 13.4. The van der Waals surface area contributed by atoms with Crippen molar-refractivity contribution in [3.8, 4) is 11.3 Å². The van der Waals surface area contributed by atoms with Gasteiger partial charge in [0.15, 0.2) is 0 Å². The molecule has 1 aromatic heterocycles. The number of halogens is 6. The van der Waals surface area contributed by atoms with E-state index in [-0.39, 0.29) is 17.3 Å².